The molecule has 82 valence electrons. The fourth-order valence-corrected chi connectivity index (χ4v) is 1.37. The van der Waals surface area contributed by atoms with E-state index < -0.39 is 5.91 Å². The molecule has 1 aromatic heterocycles. The van der Waals surface area contributed by atoms with Crippen molar-refractivity contribution in [3.05, 3.63) is 47.8 Å². The van der Waals surface area contributed by atoms with Gasteiger partial charge in [0.15, 0.2) is 5.82 Å². The van der Waals surface area contributed by atoms with Crippen LogP contribution in [0.2, 0.25) is 0 Å². The minimum absolute atomic E-state index is 0.239. The van der Waals surface area contributed by atoms with Crippen molar-refractivity contribution in [3.8, 4) is 17.5 Å². The molecular weight excluding hydrogens is 216 g/mol. The standard InChI is InChI=1S/C12H8N4O/c13-5-8-3-1-2-4-10(8)12-15-6-9(7-16-12)11(14)17/h1-4,6-7H,(H2,14,17). The third kappa shape index (κ3) is 2.11. The fourth-order valence-electron chi connectivity index (χ4n) is 1.37. The molecule has 2 rings (SSSR count). The van der Waals surface area contributed by atoms with Crippen LogP contribution in [-0.2, 0) is 0 Å². The van der Waals surface area contributed by atoms with Crippen LogP contribution in [0.3, 0.4) is 0 Å². The van der Waals surface area contributed by atoms with Crippen LogP contribution in [0, 0.1) is 11.3 Å². The molecule has 5 heteroatoms. The Morgan fingerprint density at radius 3 is 2.47 bits per heavy atom. The Labute approximate surface area is 97.6 Å². The molecule has 0 fully saturated rings. The highest BCUT2D eigenvalue weighted by molar-refractivity contribution is 5.92. The predicted molar refractivity (Wildman–Crippen MR) is 60.7 cm³/mol. The first-order valence-corrected chi connectivity index (χ1v) is 4.83. The number of nitriles is 1. The molecule has 0 aliphatic heterocycles. The van der Waals surface area contributed by atoms with Crippen LogP contribution in [0.1, 0.15) is 15.9 Å². The van der Waals surface area contributed by atoms with E-state index in [1.54, 1.807) is 24.3 Å². The third-order valence-corrected chi connectivity index (χ3v) is 2.22. The number of hydrogen-bond acceptors (Lipinski definition) is 4. The van der Waals surface area contributed by atoms with Gasteiger partial charge in [-0.3, -0.25) is 4.79 Å². The van der Waals surface area contributed by atoms with Crippen LogP contribution in [0.5, 0.6) is 0 Å². The van der Waals surface area contributed by atoms with Crippen LogP contribution in [0.25, 0.3) is 11.4 Å². The maximum atomic E-state index is 10.9. The van der Waals surface area contributed by atoms with Gasteiger partial charge < -0.3 is 5.73 Å². The monoisotopic (exact) mass is 224 g/mol. The van der Waals surface area contributed by atoms with Crippen molar-refractivity contribution in [1.29, 1.82) is 5.26 Å². The zero-order chi connectivity index (χ0) is 12.3. The van der Waals surface area contributed by atoms with Crippen molar-refractivity contribution in [3.63, 3.8) is 0 Å². The van der Waals surface area contributed by atoms with E-state index in [2.05, 4.69) is 16.0 Å². The first-order valence-electron chi connectivity index (χ1n) is 4.83. The topological polar surface area (TPSA) is 92.7 Å². The highest BCUT2D eigenvalue weighted by Crippen LogP contribution is 2.18. The Hall–Kier alpha value is -2.74. The average molecular weight is 224 g/mol. The van der Waals surface area contributed by atoms with E-state index in [1.807, 2.05) is 0 Å². The van der Waals surface area contributed by atoms with Crippen LogP contribution >= 0.6 is 0 Å². The highest BCUT2D eigenvalue weighted by Gasteiger charge is 2.08. The van der Waals surface area contributed by atoms with Crippen molar-refractivity contribution in [2.24, 2.45) is 5.73 Å². The Morgan fingerprint density at radius 2 is 1.88 bits per heavy atom. The number of amides is 1. The smallest absolute Gasteiger partial charge is 0.251 e. The molecule has 0 radical (unpaired) electrons. The van der Waals surface area contributed by atoms with Gasteiger partial charge in [-0.15, -0.1) is 0 Å². The first-order chi connectivity index (χ1) is 8.22. The number of carbonyl (C=O) groups excluding carboxylic acids is 1. The number of nitrogens with two attached hydrogens (primary N) is 1. The third-order valence-electron chi connectivity index (χ3n) is 2.22. The number of primary amides is 1. The normalized spacial score (nSPS) is 9.59. The van der Waals surface area contributed by atoms with Gasteiger partial charge in [-0.25, -0.2) is 9.97 Å². The van der Waals surface area contributed by atoms with Crippen molar-refractivity contribution < 1.29 is 4.79 Å². The molecule has 2 aromatic rings. The van der Waals surface area contributed by atoms with Gasteiger partial charge in [0.2, 0.25) is 0 Å². The van der Waals surface area contributed by atoms with E-state index in [1.165, 1.54) is 12.4 Å². The first kappa shape index (κ1) is 10.8. The van der Waals surface area contributed by atoms with Crippen LogP contribution < -0.4 is 5.73 Å². The largest absolute Gasteiger partial charge is 0.366 e. The molecule has 0 aliphatic carbocycles. The number of benzene rings is 1. The minimum Gasteiger partial charge on any atom is -0.366 e. The fraction of sp³-hybridized carbons (Fsp3) is 0. The lowest BCUT2D eigenvalue weighted by Gasteiger charge is -2.02. The minimum atomic E-state index is -0.579. The van der Waals surface area contributed by atoms with Crippen LogP contribution in [-0.4, -0.2) is 15.9 Å². The van der Waals surface area contributed by atoms with Crippen molar-refractivity contribution in [1.82, 2.24) is 9.97 Å². The zero-order valence-electron chi connectivity index (χ0n) is 8.79. The molecule has 0 saturated heterocycles. The zero-order valence-corrected chi connectivity index (χ0v) is 8.79. The summed E-state index contributed by atoms with van der Waals surface area (Å²) in [5, 5.41) is 8.94. The molecular formula is C12H8N4O. The quantitative estimate of drug-likeness (QED) is 0.826. The Morgan fingerprint density at radius 1 is 1.24 bits per heavy atom. The number of hydrogen-bond donors (Lipinski definition) is 1. The van der Waals surface area contributed by atoms with Gasteiger partial charge in [-0.05, 0) is 12.1 Å². The summed E-state index contributed by atoms with van der Waals surface area (Å²) in [5.74, 6) is -0.183. The SMILES string of the molecule is N#Cc1ccccc1-c1ncc(C(N)=O)cn1. The van der Waals surface area contributed by atoms with E-state index >= 15 is 0 Å². The van der Waals surface area contributed by atoms with E-state index in [9.17, 15) is 4.79 Å². The molecule has 0 saturated carbocycles. The van der Waals surface area contributed by atoms with Crippen molar-refractivity contribution >= 4 is 5.91 Å². The number of rotatable bonds is 2. The molecule has 0 unspecified atom stereocenters. The summed E-state index contributed by atoms with van der Waals surface area (Å²) < 4.78 is 0. The van der Waals surface area contributed by atoms with Gasteiger partial charge in [-0.2, -0.15) is 5.26 Å². The van der Waals surface area contributed by atoms with Crippen LogP contribution in [0.4, 0.5) is 0 Å². The van der Waals surface area contributed by atoms with E-state index in [0.29, 0.717) is 17.0 Å². The lowest BCUT2D eigenvalue weighted by atomic mass is 10.1. The van der Waals surface area contributed by atoms with E-state index in [-0.39, 0.29) is 5.56 Å². The maximum Gasteiger partial charge on any atom is 0.251 e. The van der Waals surface area contributed by atoms with Gasteiger partial charge in [0.05, 0.1) is 17.2 Å². The number of aromatic nitrogens is 2. The predicted octanol–water partition coefficient (Wildman–Crippen LogP) is 1.11. The molecule has 0 spiro atoms. The molecule has 0 bridgehead atoms. The summed E-state index contributed by atoms with van der Waals surface area (Å²) in [6.07, 6.45) is 2.69. The molecule has 1 aromatic carbocycles. The summed E-state index contributed by atoms with van der Waals surface area (Å²) >= 11 is 0. The second-order valence-electron chi connectivity index (χ2n) is 3.32. The Balaban J connectivity index is 2.47. The second kappa shape index (κ2) is 4.41. The molecule has 1 amide bonds. The van der Waals surface area contributed by atoms with Gasteiger partial charge in [0.1, 0.15) is 0 Å². The highest BCUT2D eigenvalue weighted by atomic mass is 16.1. The lowest BCUT2D eigenvalue weighted by molar-refractivity contribution is 0.0999. The molecule has 2 N–H and O–H groups in total. The molecule has 17 heavy (non-hydrogen) atoms. The van der Waals surface area contributed by atoms with E-state index in [4.69, 9.17) is 11.0 Å². The summed E-state index contributed by atoms with van der Waals surface area (Å²) in [6, 6.07) is 9.05. The Bertz CT molecular complexity index is 599. The molecule has 5 nitrogen and oxygen atoms in total. The average Bonchev–Trinajstić information content (AvgIpc) is 2.39. The lowest BCUT2D eigenvalue weighted by Crippen LogP contribution is -2.11. The van der Waals surface area contributed by atoms with Gasteiger partial charge in [-0.1, -0.05) is 12.1 Å². The van der Waals surface area contributed by atoms with Gasteiger partial charge in [0.25, 0.3) is 5.91 Å². The number of carbonyl (C=O) groups is 1. The summed E-state index contributed by atoms with van der Waals surface area (Å²) in [7, 11) is 0. The van der Waals surface area contributed by atoms with Gasteiger partial charge in [0, 0.05) is 18.0 Å². The molecule has 1 heterocycles. The molecule has 0 atom stereocenters. The summed E-state index contributed by atoms with van der Waals surface area (Å²) in [6.45, 7) is 0. The van der Waals surface area contributed by atoms with Gasteiger partial charge >= 0.3 is 0 Å². The number of nitrogens with zero attached hydrogens (tertiary/aromatic N) is 3. The maximum absolute atomic E-state index is 10.9. The van der Waals surface area contributed by atoms with Crippen molar-refractivity contribution in [2.45, 2.75) is 0 Å². The second-order valence-corrected chi connectivity index (χ2v) is 3.32. The Kier molecular flexibility index (Phi) is 2.79. The van der Waals surface area contributed by atoms with E-state index in [0.717, 1.165) is 0 Å². The van der Waals surface area contributed by atoms with Crippen molar-refractivity contribution in [2.75, 3.05) is 0 Å². The summed E-state index contributed by atoms with van der Waals surface area (Å²) in [5.41, 5.74) is 6.44. The molecule has 0 aliphatic rings. The van der Waals surface area contributed by atoms with Crippen LogP contribution in [0.15, 0.2) is 36.7 Å². The summed E-state index contributed by atoms with van der Waals surface area (Å²) in [4.78, 5) is 18.9.